The minimum Gasteiger partial charge on any atom is -0.364 e. The van der Waals surface area contributed by atoms with Crippen molar-refractivity contribution in [3.63, 3.8) is 0 Å². The third-order valence-electron chi connectivity index (χ3n) is 5.01. The van der Waals surface area contributed by atoms with E-state index in [1.807, 2.05) is 6.92 Å². The lowest BCUT2D eigenvalue weighted by Gasteiger charge is -2.34. The van der Waals surface area contributed by atoms with Gasteiger partial charge in [-0.3, -0.25) is 0 Å². The lowest BCUT2D eigenvalue weighted by molar-refractivity contribution is 0.172. The van der Waals surface area contributed by atoms with Crippen molar-refractivity contribution in [2.75, 3.05) is 19.6 Å². The molecular formula is C16H27N3O. The minimum absolute atomic E-state index is 0.657. The van der Waals surface area contributed by atoms with Gasteiger partial charge >= 0.3 is 0 Å². The first-order valence-electron chi connectivity index (χ1n) is 8.17. The topological polar surface area (TPSA) is 41.3 Å². The van der Waals surface area contributed by atoms with Crippen LogP contribution in [0, 0.1) is 12.8 Å². The molecular weight excluding hydrogens is 250 g/mol. The van der Waals surface area contributed by atoms with Gasteiger partial charge < -0.3 is 14.7 Å². The average Bonchev–Trinajstić information content (AvgIpc) is 3.10. The molecule has 1 N–H and O–H groups in total. The first-order chi connectivity index (χ1) is 9.81. The number of hydrogen-bond donors (Lipinski definition) is 1. The van der Waals surface area contributed by atoms with Crippen molar-refractivity contribution in [1.82, 2.24) is 15.4 Å². The molecule has 0 atom stereocenters. The summed E-state index contributed by atoms with van der Waals surface area (Å²) in [4.78, 5) is 2.68. The molecule has 4 nitrogen and oxygen atoms in total. The molecule has 112 valence electrons. The number of aryl methyl sites for hydroxylation is 1. The van der Waals surface area contributed by atoms with Crippen LogP contribution in [0.3, 0.4) is 0 Å². The maximum atomic E-state index is 4.98. The Balaban J connectivity index is 1.36. The standard InChI is InChI=1S/C16H27N3O/c1-13-15(12-20-18-13)10-17-16-6-8-19(9-7-16)11-14-4-2-3-5-14/h12,14,16-17H,2-11H2,1H3. The molecule has 2 heterocycles. The summed E-state index contributed by atoms with van der Waals surface area (Å²) >= 11 is 0. The Hall–Kier alpha value is -0.870. The molecule has 1 aliphatic carbocycles. The Labute approximate surface area is 121 Å². The Morgan fingerprint density at radius 1 is 1.25 bits per heavy atom. The van der Waals surface area contributed by atoms with Gasteiger partial charge in [-0.2, -0.15) is 0 Å². The molecule has 3 rings (SSSR count). The van der Waals surface area contributed by atoms with E-state index in [9.17, 15) is 0 Å². The van der Waals surface area contributed by atoms with Crippen LogP contribution in [0.4, 0.5) is 0 Å². The van der Waals surface area contributed by atoms with Crippen LogP contribution >= 0.6 is 0 Å². The number of likely N-dealkylation sites (tertiary alicyclic amines) is 1. The summed E-state index contributed by atoms with van der Waals surface area (Å²) < 4.78 is 4.98. The normalized spacial score (nSPS) is 22.6. The first-order valence-corrected chi connectivity index (χ1v) is 8.17. The predicted molar refractivity (Wildman–Crippen MR) is 79.5 cm³/mol. The van der Waals surface area contributed by atoms with Gasteiger partial charge in [-0.15, -0.1) is 0 Å². The molecule has 1 aromatic rings. The lowest BCUT2D eigenvalue weighted by atomic mass is 10.0. The van der Waals surface area contributed by atoms with Gasteiger partial charge in [0.05, 0.1) is 5.69 Å². The smallest absolute Gasteiger partial charge is 0.128 e. The molecule has 1 saturated carbocycles. The van der Waals surface area contributed by atoms with E-state index in [1.54, 1.807) is 6.26 Å². The molecule has 0 bridgehead atoms. The molecule has 2 fully saturated rings. The molecule has 4 heteroatoms. The molecule has 0 unspecified atom stereocenters. The molecule has 2 aliphatic rings. The second kappa shape index (κ2) is 6.72. The van der Waals surface area contributed by atoms with Gasteiger partial charge in [-0.05, 0) is 51.6 Å². The van der Waals surface area contributed by atoms with Crippen molar-refractivity contribution < 1.29 is 4.52 Å². The number of nitrogens with zero attached hydrogens (tertiary/aromatic N) is 2. The van der Waals surface area contributed by atoms with Crippen LogP contribution in [0.1, 0.15) is 49.8 Å². The highest BCUT2D eigenvalue weighted by Crippen LogP contribution is 2.26. The molecule has 1 saturated heterocycles. The maximum absolute atomic E-state index is 4.98. The fraction of sp³-hybridized carbons (Fsp3) is 0.812. The van der Waals surface area contributed by atoms with Crippen LogP contribution in [-0.4, -0.2) is 35.7 Å². The van der Waals surface area contributed by atoms with E-state index in [4.69, 9.17) is 4.52 Å². The minimum atomic E-state index is 0.657. The predicted octanol–water partition coefficient (Wildman–Crippen LogP) is 2.73. The maximum Gasteiger partial charge on any atom is 0.128 e. The Kier molecular flexibility index (Phi) is 4.73. The zero-order valence-corrected chi connectivity index (χ0v) is 12.6. The van der Waals surface area contributed by atoms with Gasteiger partial charge in [-0.1, -0.05) is 18.0 Å². The van der Waals surface area contributed by atoms with E-state index in [-0.39, 0.29) is 0 Å². The zero-order valence-electron chi connectivity index (χ0n) is 12.6. The summed E-state index contributed by atoms with van der Waals surface area (Å²) in [5, 5.41) is 7.58. The SMILES string of the molecule is Cc1nocc1CNC1CCN(CC2CCCC2)CC1. The van der Waals surface area contributed by atoms with Gasteiger partial charge in [0.2, 0.25) is 0 Å². The largest absolute Gasteiger partial charge is 0.364 e. The molecule has 0 aromatic carbocycles. The third-order valence-corrected chi connectivity index (χ3v) is 5.01. The Bertz CT molecular complexity index is 404. The van der Waals surface area contributed by atoms with Crippen molar-refractivity contribution in [3.05, 3.63) is 17.5 Å². The second-order valence-corrected chi connectivity index (χ2v) is 6.53. The van der Waals surface area contributed by atoms with Gasteiger partial charge in [0.15, 0.2) is 0 Å². The van der Waals surface area contributed by atoms with Gasteiger partial charge in [0.25, 0.3) is 0 Å². The summed E-state index contributed by atoms with van der Waals surface area (Å²) in [6.07, 6.45) is 10.2. The van der Waals surface area contributed by atoms with Crippen LogP contribution < -0.4 is 5.32 Å². The molecule has 0 amide bonds. The van der Waals surface area contributed by atoms with Gasteiger partial charge in [0, 0.05) is 24.7 Å². The first kappa shape index (κ1) is 14.1. The van der Waals surface area contributed by atoms with Crippen LogP contribution in [-0.2, 0) is 6.54 Å². The monoisotopic (exact) mass is 277 g/mol. The van der Waals surface area contributed by atoms with Crippen molar-refractivity contribution in [3.8, 4) is 0 Å². The lowest BCUT2D eigenvalue weighted by Crippen LogP contribution is -2.43. The fourth-order valence-corrected chi connectivity index (χ4v) is 3.61. The van der Waals surface area contributed by atoms with E-state index in [0.717, 1.165) is 18.2 Å². The highest BCUT2D eigenvalue weighted by molar-refractivity contribution is 5.12. The summed E-state index contributed by atoms with van der Waals surface area (Å²) in [6, 6.07) is 0.657. The summed E-state index contributed by atoms with van der Waals surface area (Å²) in [5.41, 5.74) is 2.20. The molecule has 0 radical (unpaired) electrons. The molecule has 1 aromatic heterocycles. The van der Waals surface area contributed by atoms with Crippen LogP contribution in [0.25, 0.3) is 0 Å². The third kappa shape index (κ3) is 3.61. The van der Waals surface area contributed by atoms with E-state index >= 15 is 0 Å². The molecule has 1 aliphatic heterocycles. The quantitative estimate of drug-likeness (QED) is 0.898. The van der Waals surface area contributed by atoms with Crippen molar-refractivity contribution >= 4 is 0 Å². The van der Waals surface area contributed by atoms with E-state index in [0.29, 0.717) is 6.04 Å². The highest BCUT2D eigenvalue weighted by atomic mass is 16.5. The van der Waals surface area contributed by atoms with Gasteiger partial charge in [-0.25, -0.2) is 0 Å². The Morgan fingerprint density at radius 3 is 2.65 bits per heavy atom. The number of aromatic nitrogens is 1. The number of rotatable bonds is 5. The van der Waals surface area contributed by atoms with Crippen molar-refractivity contribution in [2.45, 2.75) is 58.0 Å². The van der Waals surface area contributed by atoms with Gasteiger partial charge in [0.1, 0.15) is 6.26 Å². The number of hydrogen-bond acceptors (Lipinski definition) is 4. The fourth-order valence-electron chi connectivity index (χ4n) is 3.61. The van der Waals surface area contributed by atoms with Crippen LogP contribution in [0.2, 0.25) is 0 Å². The highest BCUT2D eigenvalue weighted by Gasteiger charge is 2.23. The summed E-state index contributed by atoms with van der Waals surface area (Å²) in [6.45, 7) is 6.76. The second-order valence-electron chi connectivity index (χ2n) is 6.53. The van der Waals surface area contributed by atoms with Crippen molar-refractivity contribution in [1.29, 1.82) is 0 Å². The van der Waals surface area contributed by atoms with Crippen LogP contribution in [0.5, 0.6) is 0 Å². The number of nitrogens with one attached hydrogen (secondary N) is 1. The van der Waals surface area contributed by atoms with Crippen molar-refractivity contribution in [2.24, 2.45) is 5.92 Å². The number of piperidine rings is 1. The average molecular weight is 277 g/mol. The van der Waals surface area contributed by atoms with E-state index in [2.05, 4.69) is 15.4 Å². The molecule has 20 heavy (non-hydrogen) atoms. The van der Waals surface area contributed by atoms with E-state index in [1.165, 1.54) is 63.7 Å². The summed E-state index contributed by atoms with van der Waals surface area (Å²) in [5.74, 6) is 0.985. The summed E-state index contributed by atoms with van der Waals surface area (Å²) in [7, 11) is 0. The van der Waals surface area contributed by atoms with Crippen LogP contribution in [0.15, 0.2) is 10.8 Å². The molecule has 0 spiro atoms. The van der Waals surface area contributed by atoms with E-state index < -0.39 is 0 Å². The zero-order chi connectivity index (χ0) is 13.8. The Morgan fingerprint density at radius 2 is 2.00 bits per heavy atom.